The van der Waals surface area contributed by atoms with E-state index in [1.807, 2.05) is 0 Å². The molecule has 51 heavy (non-hydrogen) atoms. The van der Waals surface area contributed by atoms with E-state index in [0.717, 1.165) is 33.8 Å². The molecular weight excluding hydrogens is 617 g/mol. The summed E-state index contributed by atoms with van der Waals surface area (Å²) in [4.78, 5) is 5.20. The minimum Gasteiger partial charge on any atom is -0.309 e. The van der Waals surface area contributed by atoms with Crippen LogP contribution in [0.1, 0.15) is 0 Å². The summed E-state index contributed by atoms with van der Waals surface area (Å²) in [5, 5.41) is 7.42. The summed E-state index contributed by atoms with van der Waals surface area (Å²) in [5.41, 5.74) is 12.5. The first-order chi connectivity index (χ1) is 25.3. The molecule has 0 spiro atoms. The molecule has 0 saturated heterocycles. The van der Waals surface area contributed by atoms with Crippen LogP contribution < -0.4 is 0 Å². The summed E-state index contributed by atoms with van der Waals surface area (Å²) in [6, 6.07) is 69.8. The molecule has 2 heterocycles. The van der Waals surface area contributed by atoms with Gasteiger partial charge in [0, 0.05) is 27.6 Å². The third kappa shape index (κ3) is 4.84. The van der Waals surface area contributed by atoms with Gasteiger partial charge in [0.25, 0.3) is 0 Å². The number of pyridine rings is 1. The molecule has 2 aromatic heterocycles. The van der Waals surface area contributed by atoms with Crippen molar-refractivity contribution in [2.24, 2.45) is 0 Å². The van der Waals surface area contributed by atoms with E-state index < -0.39 is 0 Å². The highest BCUT2D eigenvalue weighted by Gasteiger charge is 2.19. The first-order valence-corrected chi connectivity index (χ1v) is 17.5. The molecule has 0 aliphatic carbocycles. The van der Waals surface area contributed by atoms with Gasteiger partial charge in [0.05, 0.1) is 22.4 Å². The van der Waals surface area contributed by atoms with Crippen LogP contribution in [0.15, 0.2) is 194 Å². The van der Waals surface area contributed by atoms with Crippen LogP contribution in [-0.4, -0.2) is 9.55 Å². The number of rotatable bonds is 5. The molecular formula is C49H32N2. The molecule has 0 aliphatic rings. The SMILES string of the molecule is c1ccc(-c2cc(-c3c4ccccc4c(-c4cccc(-n5c6ccccc6c6ccccc65)c4)c4ccccc34)cc(-c3ccccc3)n2)cc1. The normalized spacial score (nSPS) is 11.5. The van der Waals surface area contributed by atoms with E-state index in [2.05, 4.69) is 199 Å². The average molecular weight is 649 g/mol. The summed E-state index contributed by atoms with van der Waals surface area (Å²) in [6.07, 6.45) is 0. The van der Waals surface area contributed by atoms with Gasteiger partial charge >= 0.3 is 0 Å². The summed E-state index contributed by atoms with van der Waals surface area (Å²) < 4.78 is 2.40. The summed E-state index contributed by atoms with van der Waals surface area (Å²) in [6.45, 7) is 0. The molecule has 2 nitrogen and oxygen atoms in total. The molecule has 0 bridgehead atoms. The Kier molecular flexibility index (Phi) is 6.85. The zero-order valence-corrected chi connectivity index (χ0v) is 27.9. The van der Waals surface area contributed by atoms with Crippen molar-refractivity contribution in [3.05, 3.63) is 194 Å². The first kappa shape index (κ1) is 29.2. The van der Waals surface area contributed by atoms with E-state index >= 15 is 0 Å². The molecule has 10 rings (SSSR count). The lowest BCUT2D eigenvalue weighted by Crippen LogP contribution is -1.96. The van der Waals surface area contributed by atoms with E-state index in [4.69, 9.17) is 4.98 Å². The lowest BCUT2D eigenvalue weighted by Gasteiger charge is -2.19. The van der Waals surface area contributed by atoms with Gasteiger partial charge in [0.2, 0.25) is 0 Å². The van der Waals surface area contributed by atoms with Crippen molar-refractivity contribution < 1.29 is 0 Å². The maximum atomic E-state index is 5.20. The molecule has 0 unspecified atom stereocenters. The fourth-order valence-corrected chi connectivity index (χ4v) is 7.94. The standard InChI is InChI=1S/C49H32N2/c1-3-16-33(17-4-1)44-31-36(32-45(50-44)34-18-5-2-6-19-34)49-42-26-9-7-24-40(42)48(41-25-8-10-27-43(41)49)35-20-15-21-37(30-35)51-46-28-13-11-22-38(46)39-23-12-14-29-47(39)51/h1-32H. The second kappa shape index (κ2) is 12.0. The van der Waals surface area contributed by atoms with Crippen LogP contribution in [0.5, 0.6) is 0 Å². The number of hydrogen-bond acceptors (Lipinski definition) is 1. The largest absolute Gasteiger partial charge is 0.309 e. The lowest BCUT2D eigenvalue weighted by atomic mass is 9.85. The molecule has 8 aromatic carbocycles. The van der Waals surface area contributed by atoms with Crippen LogP contribution in [0, 0.1) is 0 Å². The zero-order chi connectivity index (χ0) is 33.7. The molecule has 0 aliphatic heterocycles. The Balaban J connectivity index is 1.24. The Labute approximate surface area is 296 Å². The maximum absolute atomic E-state index is 5.20. The Morgan fingerprint density at radius 1 is 0.294 bits per heavy atom. The average Bonchev–Trinajstić information content (AvgIpc) is 3.55. The van der Waals surface area contributed by atoms with Gasteiger partial charge in [-0.15, -0.1) is 0 Å². The number of nitrogens with zero attached hydrogens (tertiary/aromatic N) is 2. The van der Waals surface area contributed by atoms with Gasteiger partial charge in [-0.05, 0) is 80.2 Å². The fraction of sp³-hybridized carbons (Fsp3) is 0. The van der Waals surface area contributed by atoms with Crippen molar-refractivity contribution in [2.75, 3.05) is 0 Å². The fourth-order valence-electron chi connectivity index (χ4n) is 7.94. The van der Waals surface area contributed by atoms with Gasteiger partial charge in [0.15, 0.2) is 0 Å². The topological polar surface area (TPSA) is 17.8 Å². The molecule has 0 fully saturated rings. The molecule has 238 valence electrons. The zero-order valence-electron chi connectivity index (χ0n) is 27.9. The van der Waals surface area contributed by atoms with Gasteiger partial charge < -0.3 is 4.57 Å². The molecule has 10 aromatic rings. The Hall–Kier alpha value is -6.77. The van der Waals surface area contributed by atoms with E-state index in [-0.39, 0.29) is 0 Å². The molecule has 0 radical (unpaired) electrons. The van der Waals surface area contributed by atoms with Crippen LogP contribution in [0.25, 0.3) is 93.8 Å². The van der Waals surface area contributed by atoms with Crippen molar-refractivity contribution >= 4 is 43.4 Å². The number of hydrogen-bond donors (Lipinski definition) is 0. The summed E-state index contributed by atoms with van der Waals surface area (Å²) in [5.74, 6) is 0. The van der Waals surface area contributed by atoms with Crippen LogP contribution in [-0.2, 0) is 0 Å². The second-order valence-corrected chi connectivity index (χ2v) is 13.1. The predicted molar refractivity (Wildman–Crippen MR) is 215 cm³/mol. The Bertz CT molecular complexity index is 2730. The number of para-hydroxylation sites is 2. The number of benzene rings is 8. The summed E-state index contributed by atoms with van der Waals surface area (Å²) >= 11 is 0. The van der Waals surface area contributed by atoms with E-state index in [0.29, 0.717) is 0 Å². The van der Waals surface area contributed by atoms with E-state index in [1.54, 1.807) is 0 Å². The first-order valence-electron chi connectivity index (χ1n) is 17.5. The molecule has 0 N–H and O–H groups in total. The molecule has 0 amide bonds. The number of fused-ring (bicyclic) bond motifs is 5. The molecule has 0 saturated carbocycles. The van der Waals surface area contributed by atoms with Crippen LogP contribution in [0.3, 0.4) is 0 Å². The predicted octanol–water partition coefficient (Wildman–Crippen LogP) is 13.2. The van der Waals surface area contributed by atoms with Crippen LogP contribution in [0.2, 0.25) is 0 Å². The van der Waals surface area contributed by atoms with Gasteiger partial charge in [-0.2, -0.15) is 0 Å². The van der Waals surface area contributed by atoms with Crippen molar-refractivity contribution in [3.8, 4) is 50.5 Å². The van der Waals surface area contributed by atoms with Crippen molar-refractivity contribution in [2.45, 2.75) is 0 Å². The van der Waals surface area contributed by atoms with Crippen molar-refractivity contribution in [3.63, 3.8) is 0 Å². The minimum absolute atomic E-state index is 0.961. The maximum Gasteiger partial charge on any atom is 0.0715 e. The third-order valence-corrected chi connectivity index (χ3v) is 10.2. The summed E-state index contributed by atoms with van der Waals surface area (Å²) in [7, 11) is 0. The monoisotopic (exact) mass is 648 g/mol. The van der Waals surface area contributed by atoms with Crippen LogP contribution >= 0.6 is 0 Å². The smallest absolute Gasteiger partial charge is 0.0715 e. The number of aromatic nitrogens is 2. The minimum atomic E-state index is 0.961. The Morgan fingerprint density at radius 2 is 0.686 bits per heavy atom. The van der Waals surface area contributed by atoms with Crippen LogP contribution in [0.4, 0.5) is 0 Å². The van der Waals surface area contributed by atoms with Crippen molar-refractivity contribution in [1.82, 2.24) is 9.55 Å². The van der Waals surface area contributed by atoms with Gasteiger partial charge in [0.1, 0.15) is 0 Å². The highest BCUT2D eigenvalue weighted by Crippen LogP contribution is 2.45. The molecule has 2 heteroatoms. The van der Waals surface area contributed by atoms with Gasteiger partial charge in [-0.25, -0.2) is 4.98 Å². The van der Waals surface area contributed by atoms with Gasteiger partial charge in [-0.3, -0.25) is 0 Å². The molecule has 0 atom stereocenters. The lowest BCUT2D eigenvalue weighted by molar-refractivity contribution is 1.18. The second-order valence-electron chi connectivity index (χ2n) is 13.1. The Morgan fingerprint density at radius 3 is 1.18 bits per heavy atom. The third-order valence-electron chi connectivity index (χ3n) is 10.2. The van der Waals surface area contributed by atoms with Crippen molar-refractivity contribution in [1.29, 1.82) is 0 Å². The highest BCUT2D eigenvalue weighted by molar-refractivity contribution is 6.21. The quantitative estimate of drug-likeness (QED) is 0.170. The van der Waals surface area contributed by atoms with Gasteiger partial charge in [-0.1, -0.05) is 158 Å². The highest BCUT2D eigenvalue weighted by atomic mass is 15.0. The van der Waals surface area contributed by atoms with E-state index in [9.17, 15) is 0 Å². The van der Waals surface area contributed by atoms with E-state index in [1.165, 1.54) is 60.0 Å².